The van der Waals surface area contributed by atoms with Gasteiger partial charge in [-0.2, -0.15) is 0 Å². The van der Waals surface area contributed by atoms with Crippen LogP contribution < -0.4 is 9.80 Å². The summed E-state index contributed by atoms with van der Waals surface area (Å²) in [5.41, 5.74) is 3.54. The van der Waals surface area contributed by atoms with Crippen molar-refractivity contribution in [2.24, 2.45) is 5.92 Å². The molecule has 0 bridgehead atoms. The van der Waals surface area contributed by atoms with E-state index in [1.54, 1.807) is 15.9 Å². The summed E-state index contributed by atoms with van der Waals surface area (Å²) < 4.78 is 0. The molecule has 0 radical (unpaired) electrons. The van der Waals surface area contributed by atoms with E-state index in [1.807, 2.05) is 84.9 Å². The van der Waals surface area contributed by atoms with Gasteiger partial charge in [0.25, 0.3) is 0 Å². The second-order valence-corrected chi connectivity index (χ2v) is 7.39. The van der Waals surface area contributed by atoms with Gasteiger partial charge in [-0.25, -0.2) is 0 Å². The Morgan fingerprint density at radius 1 is 0.667 bits per heavy atom. The molecular weight excluding hydrogens is 372 g/mol. The Morgan fingerprint density at radius 3 is 1.47 bits per heavy atom. The third-order valence-corrected chi connectivity index (χ3v) is 5.36. The van der Waals surface area contributed by atoms with Crippen LogP contribution in [0.1, 0.15) is 17.5 Å². The smallest absolute Gasteiger partial charge is 0.240 e. The van der Waals surface area contributed by atoms with Crippen LogP contribution in [0, 0.1) is 5.92 Å². The fourth-order valence-corrected chi connectivity index (χ4v) is 3.87. The summed E-state index contributed by atoms with van der Waals surface area (Å²) in [7, 11) is 0. The van der Waals surface area contributed by atoms with Gasteiger partial charge in [0, 0.05) is 0 Å². The molecule has 2 amide bonds. The molecule has 1 heterocycles. The van der Waals surface area contributed by atoms with Crippen LogP contribution >= 0.6 is 0 Å². The number of carbonyl (C=O) groups is 2. The Labute approximate surface area is 177 Å². The molecule has 4 nitrogen and oxygen atoms in total. The van der Waals surface area contributed by atoms with E-state index < -0.39 is 5.92 Å². The van der Waals surface area contributed by atoms with E-state index in [0.29, 0.717) is 19.5 Å². The average molecular weight is 396 g/mol. The van der Waals surface area contributed by atoms with Crippen LogP contribution in [0.5, 0.6) is 0 Å². The van der Waals surface area contributed by atoms with Crippen molar-refractivity contribution in [3.63, 3.8) is 0 Å². The Morgan fingerprint density at radius 2 is 1.07 bits per heavy atom. The maximum Gasteiger partial charge on any atom is 0.240 e. The van der Waals surface area contributed by atoms with Gasteiger partial charge >= 0.3 is 0 Å². The van der Waals surface area contributed by atoms with Gasteiger partial charge in [-0.15, -0.1) is 6.58 Å². The molecule has 0 spiro atoms. The molecule has 0 atom stereocenters. The number of allylic oxidation sites excluding steroid dienone is 1. The van der Waals surface area contributed by atoms with Crippen molar-refractivity contribution in [1.29, 1.82) is 0 Å². The predicted octanol–water partition coefficient (Wildman–Crippen LogP) is 4.96. The summed E-state index contributed by atoms with van der Waals surface area (Å²) >= 11 is 0. The van der Waals surface area contributed by atoms with E-state index in [-0.39, 0.29) is 11.8 Å². The van der Waals surface area contributed by atoms with Crippen LogP contribution in [0.2, 0.25) is 0 Å². The SMILES string of the molecule is C=CCC1C(=O)N(Cc2ccccc2)c2ccccc2N(Cc2ccccc2)C1=O. The van der Waals surface area contributed by atoms with Gasteiger partial charge in [0.1, 0.15) is 5.92 Å². The second-order valence-electron chi connectivity index (χ2n) is 7.39. The molecule has 0 fully saturated rings. The number of benzene rings is 3. The normalized spacial score (nSPS) is 14.4. The van der Waals surface area contributed by atoms with Gasteiger partial charge in [0.2, 0.25) is 11.8 Å². The monoisotopic (exact) mass is 396 g/mol. The van der Waals surface area contributed by atoms with Gasteiger partial charge in [-0.1, -0.05) is 78.9 Å². The zero-order chi connectivity index (χ0) is 20.9. The standard InChI is InChI=1S/C26H24N2O2/c1-2-11-22-25(29)27(18-20-12-5-3-6-13-20)23-16-9-10-17-24(23)28(26(22)30)19-21-14-7-4-8-15-21/h2-10,12-17,22H,1,11,18-19H2. The van der Waals surface area contributed by atoms with Crippen molar-refractivity contribution < 1.29 is 9.59 Å². The molecule has 0 saturated heterocycles. The number of anilines is 2. The van der Waals surface area contributed by atoms with Crippen molar-refractivity contribution in [2.75, 3.05) is 9.80 Å². The molecule has 3 aromatic carbocycles. The molecule has 0 saturated carbocycles. The first-order valence-electron chi connectivity index (χ1n) is 10.1. The summed E-state index contributed by atoms with van der Waals surface area (Å²) in [6.07, 6.45) is 1.96. The number of hydrogen-bond donors (Lipinski definition) is 0. The number of carbonyl (C=O) groups excluding carboxylic acids is 2. The van der Waals surface area contributed by atoms with Crippen molar-refractivity contribution in [3.05, 3.63) is 109 Å². The molecule has 0 aliphatic carbocycles. The van der Waals surface area contributed by atoms with Crippen LogP contribution in [-0.4, -0.2) is 11.8 Å². The van der Waals surface area contributed by atoms with Gasteiger partial charge in [-0.05, 0) is 29.7 Å². The fourth-order valence-electron chi connectivity index (χ4n) is 3.87. The number of amides is 2. The fraction of sp³-hybridized carbons (Fsp3) is 0.154. The predicted molar refractivity (Wildman–Crippen MR) is 120 cm³/mol. The number of fused-ring (bicyclic) bond motifs is 1. The van der Waals surface area contributed by atoms with Gasteiger partial charge in [0.15, 0.2) is 0 Å². The van der Waals surface area contributed by atoms with Crippen LogP contribution in [0.3, 0.4) is 0 Å². The molecular formula is C26H24N2O2. The molecule has 4 rings (SSSR count). The molecule has 0 aromatic heterocycles. The quantitative estimate of drug-likeness (QED) is 0.436. The lowest BCUT2D eigenvalue weighted by Gasteiger charge is -2.25. The second kappa shape index (κ2) is 8.78. The van der Waals surface area contributed by atoms with Crippen molar-refractivity contribution in [3.8, 4) is 0 Å². The Hall–Kier alpha value is -3.66. The van der Waals surface area contributed by atoms with E-state index in [9.17, 15) is 9.59 Å². The van der Waals surface area contributed by atoms with Crippen LogP contribution in [-0.2, 0) is 22.7 Å². The highest BCUT2D eigenvalue weighted by Crippen LogP contribution is 2.37. The topological polar surface area (TPSA) is 40.6 Å². The minimum Gasteiger partial charge on any atom is -0.305 e. The molecule has 1 aliphatic rings. The average Bonchev–Trinajstić information content (AvgIpc) is 2.86. The van der Waals surface area contributed by atoms with Crippen molar-refractivity contribution in [2.45, 2.75) is 19.5 Å². The van der Waals surface area contributed by atoms with E-state index in [0.717, 1.165) is 22.5 Å². The van der Waals surface area contributed by atoms with E-state index >= 15 is 0 Å². The first kappa shape index (κ1) is 19.6. The zero-order valence-corrected chi connectivity index (χ0v) is 16.8. The molecule has 0 N–H and O–H groups in total. The van der Waals surface area contributed by atoms with Crippen LogP contribution in [0.15, 0.2) is 97.6 Å². The van der Waals surface area contributed by atoms with E-state index in [1.165, 1.54) is 0 Å². The van der Waals surface area contributed by atoms with Crippen molar-refractivity contribution in [1.82, 2.24) is 0 Å². The lowest BCUT2D eigenvalue weighted by molar-refractivity contribution is -0.132. The summed E-state index contributed by atoms with van der Waals surface area (Å²) in [5, 5.41) is 0. The molecule has 4 heteroatoms. The number of rotatable bonds is 6. The summed E-state index contributed by atoms with van der Waals surface area (Å²) in [6.45, 7) is 4.61. The summed E-state index contributed by atoms with van der Waals surface area (Å²) in [6, 6.07) is 27.3. The highest BCUT2D eigenvalue weighted by molar-refractivity contribution is 6.17. The summed E-state index contributed by atoms with van der Waals surface area (Å²) in [4.78, 5) is 30.6. The Kier molecular flexibility index (Phi) is 5.75. The highest BCUT2D eigenvalue weighted by atomic mass is 16.2. The molecule has 0 unspecified atom stereocenters. The van der Waals surface area contributed by atoms with Gasteiger partial charge in [0.05, 0.1) is 24.5 Å². The largest absolute Gasteiger partial charge is 0.305 e. The van der Waals surface area contributed by atoms with Crippen LogP contribution in [0.25, 0.3) is 0 Å². The van der Waals surface area contributed by atoms with E-state index in [2.05, 4.69) is 6.58 Å². The third-order valence-electron chi connectivity index (χ3n) is 5.36. The maximum absolute atomic E-state index is 13.5. The minimum absolute atomic E-state index is 0.188. The Bertz CT molecular complexity index is 966. The van der Waals surface area contributed by atoms with Crippen LogP contribution in [0.4, 0.5) is 11.4 Å². The Balaban J connectivity index is 1.81. The first-order valence-corrected chi connectivity index (χ1v) is 10.1. The van der Waals surface area contributed by atoms with E-state index in [4.69, 9.17) is 0 Å². The minimum atomic E-state index is -0.790. The zero-order valence-electron chi connectivity index (χ0n) is 16.8. The number of hydrogen-bond acceptors (Lipinski definition) is 2. The molecule has 30 heavy (non-hydrogen) atoms. The highest BCUT2D eigenvalue weighted by Gasteiger charge is 2.39. The lowest BCUT2D eigenvalue weighted by Crippen LogP contribution is -2.41. The molecule has 150 valence electrons. The lowest BCUT2D eigenvalue weighted by atomic mass is 10.0. The third kappa shape index (κ3) is 3.90. The summed E-state index contributed by atoms with van der Waals surface area (Å²) in [5.74, 6) is -1.17. The van der Waals surface area contributed by atoms with Gasteiger partial charge < -0.3 is 9.80 Å². The maximum atomic E-state index is 13.5. The molecule has 3 aromatic rings. The first-order chi connectivity index (χ1) is 14.7. The molecule has 1 aliphatic heterocycles. The van der Waals surface area contributed by atoms with Gasteiger partial charge in [-0.3, -0.25) is 9.59 Å². The number of nitrogens with zero attached hydrogens (tertiary/aromatic N) is 2. The van der Waals surface area contributed by atoms with Crippen molar-refractivity contribution >= 4 is 23.2 Å². The number of para-hydroxylation sites is 2.